The second-order valence-corrected chi connectivity index (χ2v) is 17.7. The van der Waals surface area contributed by atoms with Gasteiger partial charge in [-0.15, -0.1) is 10.2 Å². The molecule has 3 N–H and O–H groups in total. The zero-order valence-electron chi connectivity index (χ0n) is 29.7. The minimum absolute atomic E-state index is 0.0241. The van der Waals surface area contributed by atoms with E-state index in [4.69, 9.17) is 4.74 Å². The second-order valence-electron chi connectivity index (χ2n) is 16.0. The van der Waals surface area contributed by atoms with Crippen LogP contribution in [0.15, 0.2) is 54.7 Å². The number of hydrogen-bond donors (Lipinski definition) is 3. The fourth-order valence-electron chi connectivity index (χ4n) is 8.55. The Kier molecular flexibility index (Phi) is 7.81. The SMILES string of the molecule is Cc1c(NC(=O)C2NC2[C@H]2C[C@]23CC[C@@H](Oc2ccc4nnc([C@@H]5CCCN5C)n4c2)c2ccccc23)cc(C(C)(C)C)cc1NS(C)(=O)=O. The van der Waals surface area contributed by atoms with Crippen molar-refractivity contribution < 1.29 is 17.9 Å². The standard InChI is InChI=1S/C38H47N7O4S/c1-22-28(18-23(37(2,3)4)19-29(22)43-50(6,47)48)39-36(46)34-33(40-34)27-20-38(27)16-15-31(25-10-7-8-11-26(25)38)49-24-13-14-32-41-42-35(45(32)21-24)30-12-9-17-44(30)5/h7-8,10-11,13-14,18-19,21,27,30-31,33-34,40,43H,9,12,15-17,20H2,1-6H3,(H,39,46)/t27-,30+,31-,33?,34?,38+/m1/s1. The fraction of sp³-hybridized carbons (Fsp3) is 0.500. The normalized spacial score (nSPS) is 27.7. The number of carbonyl (C=O) groups is 1. The van der Waals surface area contributed by atoms with E-state index in [1.165, 1.54) is 11.1 Å². The van der Waals surface area contributed by atoms with Crippen LogP contribution in [-0.4, -0.2) is 65.8 Å². The topological polar surface area (TPSA) is 140 Å². The first-order valence-corrected chi connectivity index (χ1v) is 19.6. The van der Waals surface area contributed by atoms with Crippen molar-refractivity contribution in [3.8, 4) is 5.75 Å². The molecule has 2 aliphatic carbocycles. The van der Waals surface area contributed by atoms with Gasteiger partial charge in [0.2, 0.25) is 15.9 Å². The van der Waals surface area contributed by atoms with Crippen LogP contribution in [0.1, 0.15) is 93.1 Å². The molecular formula is C38H47N7O4S. The van der Waals surface area contributed by atoms with Gasteiger partial charge >= 0.3 is 0 Å². The van der Waals surface area contributed by atoms with Crippen LogP contribution in [-0.2, 0) is 25.6 Å². The molecule has 2 aromatic heterocycles. The van der Waals surface area contributed by atoms with Gasteiger partial charge in [0, 0.05) is 17.1 Å². The van der Waals surface area contributed by atoms with Gasteiger partial charge in [-0.2, -0.15) is 0 Å². The van der Waals surface area contributed by atoms with Crippen molar-refractivity contribution in [2.45, 2.75) is 94.9 Å². The Balaban J connectivity index is 0.980. The largest absolute Gasteiger partial charge is 0.484 e. The Morgan fingerprint density at radius 1 is 1.08 bits per heavy atom. The van der Waals surface area contributed by atoms with E-state index in [1.54, 1.807) is 0 Å². The average Bonchev–Trinajstić information content (AvgIpc) is 3.91. The lowest BCUT2D eigenvalue weighted by molar-refractivity contribution is -0.115. The molecule has 50 heavy (non-hydrogen) atoms. The summed E-state index contributed by atoms with van der Waals surface area (Å²) >= 11 is 0. The third-order valence-electron chi connectivity index (χ3n) is 11.5. The van der Waals surface area contributed by atoms with Crippen LogP contribution in [0.3, 0.4) is 0 Å². The lowest BCUT2D eigenvalue weighted by atomic mass is 9.76. The monoisotopic (exact) mass is 697 g/mol. The van der Waals surface area contributed by atoms with Crippen molar-refractivity contribution >= 4 is 33.0 Å². The average molecular weight is 698 g/mol. The van der Waals surface area contributed by atoms with Crippen molar-refractivity contribution in [2.75, 3.05) is 29.9 Å². The number of sulfonamides is 1. The number of nitrogens with one attached hydrogen (secondary N) is 3. The molecule has 11 nitrogen and oxygen atoms in total. The zero-order chi connectivity index (χ0) is 35.2. The first-order chi connectivity index (χ1) is 23.7. The molecule has 2 saturated heterocycles. The number of fused-ring (bicyclic) bond motifs is 3. The quantitative estimate of drug-likeness (QED) is 0.202. The second kappa shape index (κ2) is 11.8. The van der Waals surface area contributed by atoms with Crippen molar-refractivity contribution in [3.63, 3.8) is 0 Å². The summed E-state index contributed by atoms with van der Waals surface area (Å²) in [5.41, 5.74) is 5.90. The maximum Gasteiger partial charge on any atom is 0.243 e. The highest BCUT2D eigenvalue weighted by molar-refractivity contribution is 7.92. The summed E-state index contributed by atoms with van der Waals surface area (Å²) < 4.78 is 35.7. The van der Waals surface area contributed by atoms with Crippen molar-refractivity contribution in [1.29, 1.82) is 0 Å². The third-order valence-corrected chi connectivity index (χ3v) is 12.1. The summed E-state index contributed by atoms with van der Waals surface area (Å²) in [6.07, 6.45) is 8.27. The summed E-state index contributed by atoms with van der Waals surface area (Å²) in [7, 11) is -1.34. The lowest BCUT2D eigenvalue weighted by Crippen LogP contribution is -2.27. The van der Waals surface area contributed by atoms with Crippen LogP contribution < -0.4 is 20.1 Å². The van der Waals surface area contributed by atoms with Crippen molar-refractivity contribution in [3.05, 3.63) is 82.8 Å². The number of amides is 1. The molecule has 12 heteroatoms. The first kappa shape index (κ1) is 33.2. The molecular weight excluding hydrogens is 651 g/mol. The Labute approximate surface area is 294 Å². The summed E-state index contributed by atoms with van der Waals surface area (Å²) in [5, 5.41) is 15.6. The van der Waals surface area contributed by atoms with Gasteiger partial charge in [-0.1, -0.05) is 45.0 Å². The van der Waals surface area contributed by atoms with Crippen LogP contribution in [0.2, 0.25) is 0 Å². The number of ether oxygens (including phenoxy) is 1. The molecule has 4 aliphatic rings. The summed E-state index contributed by atoms with van der Waals surface area (Å²) in [6.45, 7) is 9.10. The molecule has 3 fully saturated rings. The highest BCUT2D eigenvalue weighted by atomic mass is 32.2. The third kappa shape index (κ3) is 5.94. The van der Waals surface area contributed by atoms with E-state index in [2.05, 4.69) is 86.9 Å². The van der Waals surface area contributed by atoms with E-state index in [1.807, 2.05) is 37.4 Å². The minimum atomic E-state index is -3.49. The van der Waals surface area contributed by atoms with E-state index in [0.29, 0.717) is 22.9 Å². The van der Waals surface area contributed by atoms with E-state index in [0.717, 1.165) is 67.7 Å². The Morgan fingerprint density at radius 2 is 1.86 bits per heavy atom. The maximum atomic E-state index is 13.7. The van der Waals surface area contributed by atoms with Crippen LogP contribution in [0.4, 0.5) is 11.4 Å². The number of rotatable bonds is 8. The number of nitrogens with zero attached hydrogens (tertiary/aromatic N) is 4. The molecule has 0 radical (unpaired) electrons. The van der Waals surface area contributed by atoms with Gasteiger partial charge in [-0.05, 0) is 110 Å². The van der Waals surface area contributed by atoms with E-state index in [9.17, 15) is 13.2 Å². The zero-order valence-corrected chi connectivity index (χ0v) is 30.5. The number of anilines is 2. The van der Waals surface area contributed by atoms with E-state index >= 15 is 0 Å². The number of pyridine rings is 1. The van der Waals surface area contributed by atoms with Crippen molar-refractivity contribution in [1.82, 2.24) is 24.8 Å². The molecule has 4 heterocycles. The molecule has 0 bridgehead atoms. The van der Waals surface area contributed by atoms with E-state index in [-0.39, 0.29) is 41.0 Å². The van der Waals surface area contributed by atoms with Gasteiger partial charge < -0.3 is 10.1 Å². The lowest BCUT2D eigenvalue weighted by Gasteiger charge is -2.33. The predicted molar refractivity (Wildman–Crippen MR) is 194 cm³/mol. The Bertz CT molecular complexity index is 2110. The molecule has 2 aromatic carbocycles. The number of hydrogen-bond acceptors (Lipinski definition) is 8. The highest BCUT2D eigenvalue weighted by Crippen LogP contribution is 2.65. The van der Waals surface area contributed by atoms with Crippen LogP contribution in [0.25, 0.3) is 5.65 Å². The maximum absolute atomic E-state index is 13.7. The number of benzene rings is 2. The smallest absolute Gasteiger partial charge is 0.243 e. The van der Waals surface area contributed by atoms with Gasteiger partial charge in [-0.25, -0.2) is 8.42 Å². The van der Waals surface area contributed by atoms with Gasteiger partial charge in [-0.3, -0.25) is 24.1 Å². The van der Waals surface area contributed by atoms with Gasteiger partial charge in [0.25, 0.3) is 0 Å². The van der Waals surface area contributed by atoms with Crippen LogP contribution >= 0.6 is 0 Å². The summed E-state index contributed by atoms with van der Waals surface area (Å²) in [4.78, 5) is 16.0. The summed E-state index contributed by atoms with van der Waals surface area (Å²) in [5.74, 6) is 2.04. The van der Waals surface area contributed by atoms with Crippen molar-refractivity contribution in [2.24, 2.45) is 5.92 Å². The Morgan fingerprint density at radius 3 is 2.60 bits per heavy atom. The highest BCUT2D eigenvalue weighted by Gasteiger charge is 2.66. The Hall–Kier alpha value is -4.00. The minimum Gasteiger partial charge on any atom is -0.484 e. The number of carbonyl (C=O) groups excluding carboxylic acids is 1. The fourth-order valence-corrected chi connectivity index (χ4v) is 9.16. The molecule has 264 valence electrons. The molecule has 1 spiro atoms. The van der Waals surface area contributed by atoms with Gasteiger partial charge in [0.15, 0.2) is 11.5 Å². The molecule has 6 atom stereocenters. The van der Waals surface area contributed by atoms with E-state index < -0.39 is 10.0 Å². The van der Waals surface area contributed by atoms with Crippen LogP contribution in [0.5, 0.6) is 5.75 Å². The van der Waals surface area contributed by atoms with Gasteiger partial charge in [0.1, 0.15) is 17.9 Å². The molecule has 1 saturated carbocycles. The molecule has 2 aliphatic heterocycles. The molecule has 4 aromatic rings. The van der Waals surface area contributed by atoms with Crippen LogP contribution in [0, 0.1) is 12.8 Å². The molecule has 8 rings (SSSR count). The predicted octanol–water partition coefficient (Wildman–Crippen LogP) is 5.62. The first-order valence-electron chi connectivity index (χ1n) is 17.7. The molecule has 2 unspecified atom stereocenters. The van der Waals surface area contributed by atoms with Gasteiger partial charge in [0.05, 0.1) is 24.2 Å². The number of aromatic nitrogens is 3. The summed E-state index contributed by atoms with van der Waals surface area (Å²) in [6, 6.07) is 16.5. The number of likely N-dealkylation sites (tertiary alicyclic amines) is 1. The molecule has 1 amide bonds.